The van der Waals surface area contributed by atoms with Crippen molar-refractivity contribution >= 4 is 29.4 Å². The average Bonchev–Trinajstić information content (AvgIpc) is 2.30. The monoisotopic (exact) mass is 278 g/mol. The molecule has 0 spiro atoms. The van der Waals surface area contributed by atoms with Crippen LogP contribution in [0, 0.1) is 0 Å². The topological polar surface area (TPSA) is 50.4 Å². The maximum Gasteiger partial charge on any atom is 0.234 e. The van der Waals surface area contributed by atoms with Crippen LogP contribution in [0.3, 0.4) is 0 Å². The molecule has 0 saturated carbocycles. The second-order valence-electron chi connectivity index (χ2n) is 4.12. The number of carbonyl (C=O) groups is 1. The Hall–Kier alpha value is 0.0900. The van der Waals surface area contributed by atoms with Gasteiger partial charge in [-0.1, -0.05) is 0 Å². The van der Waals surface area contributed by atoms with Gasteiger partial charge in [-0.15, -0.1) is 0 Å². The van der Waals surface area contributed by atoms with Crippen LogP contribution in [0.4, 0.5) is 0 Å². The summed E-state index contributed by atoms with van der Waals surface area (Å²) in [6, 6.07) is 0.0777. The smallest absolute Gasteiger partial charge is 0.234 e. The molecule has 1 saturated heterocycles. The lowest BCUT2D eigenvalue weighted by Crippen LogP contribution is -2.42. The zero-order valence-electron chi connectivity index (χ0n) is 10.5. The van der Waals surface area contributed by atoms with Crippen LogP contribution in [0.15, 0.2) is 0 Å². The fraction of sp³-hybridized carbons (Fsp3) is 0.909. The second kappa shape index (κ2) is 9.08. The van der Waals surface area contributed by atoms with Crippen molar-refractivity contribution in [1.82, 2.24) is 10.6 Å². The van der Waals surface area contributed by atoms with E-state index >= 15 is 0 Å². The fourth-order valence-corrected chi connectivity index (χ4v) is 4.26. The molecule has 1 amide bonds. The highest BCUT2D eigenvalue weighted by molar-refractivity contribution is 8.06. The number of nitrogens with one attached hydrogen (secondary N) is 2. The molecule has 6 heteroatoms. The first-order valence-corrected chi connectivity index (χ1v) is 8.11. The summed E-state index contributed by atoms with van der Waals surface area (Å²) in [7, 11) is 1.64. The predicted molar refractivity (Wildman–Crippen MR) is 75.9 cm³/mol. The van der Waals surface area contributed by atoms with E-state index in [4.69, 9.17) is 4.74 Å². The van der Waals surface area contributed by atoms with Crippen LogP contribution in [-0.4, -0.2) is 61.3 Å². The zero-order valence-corrected chi connectivity index (χ0v) is 12.2. The number of thioether (sulfide) groups is 2. The summed E-state index contributed by atoms with van der Waals surface area (Å²) in [5, 5.41) is 6.75. The van der Waals surface area contributed by atoms with E-state index in [1.165, 1.54) is 17.3 Å². The van der Waals surface area contributed by atoms with Crippen molar-refractivity contribution in [3.05, 3.63) is 0 Å². The highest BCUT2D eigenvalue weighted by Gasteiger charge is 2.14. The Labute approximate surface area is 112 Å². The normalized spacial score (nSPS) is 22.1. The number of ether oxygens (including phenoxy) is 1. The lowest BCUT2D eigenvalue weighted by molar-refractivity contribution is -0.121. The highest BCUT2D eigenvalue weighted by atomic mass is 32.2. The van der Waals surface area contributed by atoms with Crippen molar-refractivity contribution in [1.29, 1.82) is 0 Å². The first-order chi connectivity index (χ1) is 8.22. The van der Waals surface area contributed by atoms with Gasteiger partial charge in [0, 0.05) is 42.2 Å². The Morgan fingerprint density at radius 3 is 3.00 bits per heavy atom. The predicted octanol–water partition coefficient (Wildman–Crippen LogP) is 0.576. The van der Waals surface area contributed by atoms with Gasteiger partial charge in [0.15, 0.2) is 0 Å². The van der Waals surface area contributed by atoms with Gasteiger partial charge >= 0.3 is 0 Å². The first-order valence-electron chi connectivity index (χ1n) is 5.90. The minimum absolute atomic E-state index is 0.0445. The van der Waals surface area contributed by atoms with Crippen molar-refractivity contribution < 1.29 is 9.53 Å². The van der Waals surface area contributed by atoms with E-state index in [1.807, 2.05) is 30.4 Å². The third-order valence-electron chi connectivity index (χ3n) is 2.37. The summed E-state index contributed by atoms with van der Waals surface area (Å²) in [6.07, 6.45) is 0. The van der Waals surface area contributed by atoms with Gasteiger partial charge in [-0.2, -0.15) is 23.5 Å². The van der Waals surface area contributed by atoms with Crippen molar-refractivity contribution in [3.8, 4) is 0 Å². The Morgan fingerprint density at radius 1 is 1.53 bits per heavy atom. The van der Waals surface area contributed by atoms with Crippen LogP contribution in [0.1, 0.15) is 6.92 Å². The van der Waals surface area contributed by atoms with Crippen LogP contribution < -0.4 is 10.6 Å². The van der Waals surface area contributed by atoms with Crippen LogP contribution in [-0.2, 0) is 9.53 Å². The summed E-state index contributed by atoms with van der Waals surface area (Å²) in [6.45, 7) is 3.81. The highest BCUT2D eigenvalue weighted by Crippen LogP contribution is 2.23. The molecule has 0 radical (unpaired) electrons. The molecular weight excluding hydrogens is 256 g/mol. The number of hydrogen-bond acceptors (Lipinski definition) is 5. The van der Waals surface area contributed by atoms with E-state index in [-0.39, 0.29) is 11.9 Å². The maximum absolute atomic E-state index is 11.5. The molecule has 0 aliphatic carbocycles. The summed E-state index contributed by atoms with van der Waals surface area (Å²) in [5.74, 6) is 3.73. The van der Waals surface area contributed by atoms with E-state index in [2.05, 4.69) is 10.6 Å². The fourth-order valence-electron chi connectivity index (χ4n) is 1.62. The quantitative estimate of drug-likeness (QED) is 0.713. The van der Waals surface area contributed by atoms with Crippen LogP contribution in [0.25, 0.3) is 0 Å². The van der Waals surface area contributed by atoms with Crippen molar-refractivity contribution in [2.75, 3.05) is 44.1 Å². The minimum atomic E-state index is 0.0445. The third-order valence-corrected chi connectivity index (χ3v) is 5.21. The molecule has 0 aromatic carbocycles. The van der Waals surface area contributed by atoms with E-state index in [0.29, 0.717) is 18.4 Å². The lowest BCUT2D eigenvalue weighted by atomic mass is 10.3. The van der Waals surface area contributed by atoms with Gasteiger partial charge in [0.05, 0.1) is 13.2 Å². The maximum atomic E-state index is 11.5. The van der Waals surface area contributed by atoms with Gasteiger partial charge in [-0.3, -0.25) is 4.79 Å². The van der Waals surface area contributed by atoms with E-state index in [9.17, 15) is 4.79 Å². The summed E-state index contributed by atoms with van der Waals surface area (Å²) in [5.41, 5.74) is 0. The Balaban J connectivity index is 2.03. The molecule has 1 rings (SSSR count). The van der Waals surface area contributed by atoms with Crippen LogP contribution >= 0.6 is 23.5 Å². The molecular formula is C11H22N2O2S2. The van der Waals surface area contributed by atoms with E-state index in [0.717, 1.165) is 6.54 Å². The van der Waals surface area contributed by atoms with Crippen molar-refractivity contribution in [2.45, 2.75) is 18.2 Å². The second-order valence-corrected chi connectivity index (χ2v) is 6.68. The largest absolute Gasteiger partial charge is 0.383 e. The van der Waals surface area contributed by atoms with Crippen LogP contribution in [0.5, 0.6) is 0 Å². The molecule has 1 heterocycles. The number of rotatable bonds is 7. The van der Waals surface area contributed by atoms with Gasteiger partial charge in [-0.25, -0.2) is 0 Å². The van der Waals surface area contributed by atoms with Crippen molar-refractivity contribution in [2.24, 2.45) is 0 Å². The zero-order chi connectivity index (χ0) is 12.5. The summed E-state index contributed by atoms with van der Waals surface area (Å²) < 4.78 is 4.96. The molecule has 17 heavy (non-hydrogen) atoms. The van der Waals surface area contributed by atoms with Gasteiger partial charge in [0.1, 0.15) is 0 Å². The Morgan fingerprint density at radius 2 is 2.35 bits per heavy atom. The average molecular weight is 278 g/mol. The molecule has 1 aliphatic heterocycles. The molecule has 2 N–H and O–H groups in total. The van der Waals surface area contributed by atoms with Crippen LogP contribution in [0.2, 0.25) is 0 Å². The summed E-state index contributed by atoms with van der Waals surface area (Å²) >= 11 is 4.00. The molecule has 1 aliphatic rings. The SMILES string of the molecule is COCC(C)NC(=O)CNCC1CSCCS1. The lowest BCUT2D eigenvalue weighted by Gasteiger charge is -2.21. The van der Waals surface area contributed by atoms with Gasteiger partial charge in [0.25, 0.3) is 0 Å². The van der Waals surface area contributed by atoms with Gasteiger partial charge < -0.3 is 15.4 Å². The van der Waals surface area contributed by atoms with E-state index in [1.54, 1.807) is 7.11 Å². The number of carbonyl (C=O) groups excluding carboxylic acids is 1. The molecule has 100 valence electrons. The number of methoxy groups -OCH3 is 1. The van der Waals surface area contributed by atoms with Gasteiger partial charge in [0.2, 0.25) is 5.91 Å². The van der Waals surface area contributed by atoms with Crippen molar-refractivity contribution in [3.63, 3.8) is 0 Å². The Bertz CT molecular complexity index is 224. The minimum Gasteiger partial charge on any atom is -0.383 e. The van der Waals surface area contributed by atoms with Gasteiger partial charge in [-0.05, 0) is 6.92 Å². The molecule has 0 aromatic heterocycles. The molecule has 1 fully saturated rings. The molecule has 0 bridgehead atoms. The molecule has 2 atom stereocenters. The Kier molecular flexibility index (Phi) is 8.09. The summed E-state index contributed by atoms with van der Waals surface area (Å²) in [4.78, 5) is 11.5. The third kappa shape index (κ3) is 7.18. The van der Waals surface area contributed by atoms with E-state index < -0.39 is 0 Å². The number of hydrogen-bond donors (Lipinski definition) is 2. The molecule has 2 unspecified atom stereocenters. The molecule has 0 aromatic rings. The first kappa shape index (κ1) is 15.1. The standard InChI is InChI=1S/C11H22N2O2S2/c1-9(7-15-2)13-11(14)6-12-5-10-8-16-3-4-17-10/h9-10,12H,3-8H2,1-2H3,(H,13,14). The molecule has 4 nitrogen and oxygen atoms in total. The number of amides is 1.